The first kappa shape index (κ1) is 28.3. The lowest BCUT2D eigenvalue weighted by atomic mass is 9.97. The summed E-state index contributed by atoms with van der Waals surface area (Å²) in [7, 11) is -4.10. The summed E-state index contributed by atoms with van der Waals surface area (Å²) in [6.45, 7) is 4.61. The van der Waals surface area contributed by atoms with E-state index in [-0.39, 0.29) is 34.6 Å². The number of rotatable bonds is 9. The molecule has 2 atom stereocenters. The molecule has 0 spiro atoms. The number of amides is 1. The minimum Gasteiger partial charge on any atom is -0.466 e. The smallest absolute Gasteiger partial charge is 0.310 e. The van der Waals surface area contributed by atoms with Gasteiger partial charge in [0.15, 0.2) is 0 Å². The second-order valence-electron chi connectivity index (χ2n) is 9.41. The van der Waals surface area contributed by atoms with Crippen LogP contribution in [0, 0.1) is 11.7 Å². The van der Waals surface area contributed by atoms with Gasteiger partial charge in [-0.2, -0.15) is 0 Å². The third-order valence-electron chi connectivity index (χ3n) is 6.64. The fourth-order valence-electron chi connectivity index (χ4n) is 4.67. The van der Waals surface area contributed by atoms with Crippen molar-refractivity contribution in [3.05, 3.63) is 89.7 Å². The average Bonchev–Trinajstić information content (AvgIpc) is 2.93. The molecule has 1 fully saturated rings. The number of benzene rings is 3. The number of nitrogens with one attached hydrogen (secondary N) is 2. The van der Waals surface area contributed by atoms with Gasteiger partial charge in [0.2, 0.25) is 10.0 Å². The molecular weight excluding hydrogens is 521 g/mol. The van der Waals surface area contributed by atoms with Gasteiger partial charge in [0.25, 0.3) is 5.91 Å². The molecule has 4 rings (SSSR count). The predicted octanol–water partition coefficient (Wildman–Crippen LogP) is 4.90. The Morgan fingerprint density at radius 2 is 1.79 bits per heavy atom. The number of hydrogen-bond acceptors (Lipinski definition) is 6. The zero-order chi connectivity index (χ0) is 28.0. The van der Waals surface area contributed by atoms with Crippen LogP contribution in [0.4, 0.5) is 15.8 Å². The van der Waals surface area contributed by atoms with Crippen LogP contribution in [0.1, 0.15) is 48.7 Å². The minimum atomic E-state index is -4.10. The fourth-order valence-corrected chi connectivity index (χ4v) is 6.15. The molecule has 0 radical (unpaired) electrons. The molecule has 3 aromatic rings. The van der Waals surface area contributed by atoms with Gasteiger partial charge in [0.1, 0.15) is 10.7 Å². The minimum absolute atomic E-state index is 0.0545. The van der Waals surface area contributed by atoms with Crippen LogP contribution in [-0.2, 0) is 19.6 Å². The van der Waals surface area contributed by atoms with Crippen molar-refractivity contribution in [3.63, 3.8) is 0 Å². The Labute approximate surface area is 228 Å². The van der Waals surface area contributed by atoms with E-state index in [1.807, 2.05) is 35.2 Å². The summed E-state index contributed by atoms with van der Waals surface area (Å²) in [4.78, 5) is 27.0. The molecule has 10 heteroatoms. The summed E-state index contributed by atoms with van der Waals surface area (Å²) in [6, 6.07) is 18.7. The van der Waals surface area contributed by atoms with Crippen molar-refractivity contribution in [2.75, 3.05) is 29.9 Å². The molecule has 1 amide bonds. The average molecular weight is 554 g/mol. The van der Waals surface area contributed by atoms with Gasteiger partial charge >= 0.3 is 5.97 Å². The van der Waals surface area contributed by atoms with Crippen LogP contribution < -0.4 is 14.9 Å². The molecule has 206 valence electrons. The largest absolute Gasteiger partial charge is 0.466 e. The van der Waals surface area contributed by atoms with E-state index in [1.165, 1.54) is 24.3 Å². The van der Waals surface area contributed by atoms with Gasteiger partial charge < -0.3 is 15.0 Å². The van der Waals surface area contributed by atoms with E-state index in [0.29, 0.717) is 31.6 Å². The van der Waals surface area contributed by atoms with Gasteiger partial charge in [-0.1, -0.05) is 42.5 Å². The number of ether oxygens (including phenoxy) is 1. The molecule has 1 heterocycles. The summed E-state index contributed by atoms with van der Waals surface area (Å²) in [6.07, 6.45) is 1.33. The van der Waals surface area contributed by atoms with Crippen LogP contribution in [0.25, 0.3) is 0 Å². The summed E-state index contributed by atoms with van der Waals surface area (Å²) in [5.41, 5.74) is 1.22. The van der Waals surface area contributed by atoms with Crippen LogP contribution in [0.5, 0.6) is 0 Å². The molecule has 3 aromatic carbocycles. The summed E-state index contributed by atoms with van der Waals surface area (Å²) >= 11 is 0. The van der Waals surface area contributed by atoms with Crippen molar-refractivity contribution in [1.82, 2.24) is 4.72 Å². The van der Waals surface area contributed by atoms with Gasteiger partial charge in [0, 0.05) is 24.8 Å². The maximum atomic E-state index is 14.2. The number of sulfonamides is 1. The number of carbonyl (C=O) groups excluding carboxylic acids is 2. The lowest BCUT2D eigenvalue weighted by Crippen LogP contribution is -2.40. The number of piperidine rings is 1. The maximum Gasteiger partial charge on any atom is 0.310 e. The molecule has 1 saturated heterocycles. The molecule has 0 bridgehead atoms. The number of halogens is 1. The van der Waals surface area contributed by atoms with E-state index in [2.05, 4.69) is 10.0 Å². The number of carbonyl (C=O) groups is 2. The molecule has 1 aliphatic rings. The monoisotopic (exact) mass is 553 g/mol. The normalized spacial score (nSPS) is 16.4. The standard InChI is InChI=1S/C29H32FN3O5S/c1-3-38-29(35)22-12-9-17-33(19-22)26-16-15-23(31-28(34)24-13-7-8-14-25(24)30)18-27(26)39(36,37)32-20(2)21-10-5-4-6-11-21/h4-8,10-11,13-16,18,20,22,32H,3,9,12,17,19H2,1-2H3,(H,31,34)/t20-,22+/m0/s1. The Balaban J connectivity index is 1.69. The lowest BCUT2D eigenvalue weighted by Gasteiger charge is -2.34. The Morgan fingerprint density at radius 3 is 2.51 bits per heavy atom. The summed E-state index contributed by atoms with van der Waals surface area (Å²) < 4.78 is 49.6. The first-order valence-corrected chi connectivity index (χ1v) is 14.4. The second kappa shape index (κ2) is 12.4. The van der Waals surface area contributed by atoms with Crippen molar-refractivity contribution in [2.24, 2.45) is 5.92 Å². The SMILES string of the molecule is CCOC(=O)[C@@H]1CCCN(c2ccc(NC(=O)c3ccccc3F)cc2S(=O)(=O)N[C@@H](C)c2ccccc2)C1. The van der Waals surface area contributed by atoms with Crippen LogP contribution in [-0.4, -0.2) is 40.0 Å². The first-order valence-electron chi connectivity index (χ1n) is 12.9. The Morgan fingerprint density at radius 1 is 1.08 bits per heavy atom. The molecule has 2 N–H and O–H groups in total. The number of nitrogens with zero attached hydrogens (tertiary/aromatic N) is 1. The van der Waals surface area contributed by atoms with Crippen LogP contribution in [0.15, 0.2) is 77.7 Å². The Hall–Kier alpha value is -3.76. The van der Waals surface area contributed by atoms with Gasteiger partial charge in [-0.05, 0) is 62.6 Å². The molecule has 0 aliphatic carbocycles. The van der Waals surface area contributed by atoms with Gasteiger partial charge in [-0.3, -0.25) is 9.59 Å². The Kier molecular flexibility index (Phi) is 8.98. The quantitative estimate of drug-likeness (QED) is 0.366. The van der Waals surface area contributed by atoms with E-state index in [0.717, 1.165) is 5.56 Å². The third-order valence-corrected chi connectivity index (χ3v) is 8.21. The van der Waals surface area contributed by atoms with Crippen LogP contribution in [0.2, 0.25) is 0 Å². The zero-order valence-electron chi connectivity index (χ0n) is 21.9. The zero-order valence-corrected chi connectivity index (χ0v) is 22.7. The number of hydrogen-bond donors (Lipinski definition) is 2. The van der Waals surface area contributed by atoms with E-state index in [1.54, 1.807) is 32.0 Å². The van der Waals surface area contributed by atoms with Crippen LogP contribution >= 0.6 is 0 Å². The highest BCUT2D eigenvalue weighted by atomic mass is 32.2. The lowest BCUT2D eigenvalue weighted by molar-refractivity contribution is -0.148. The third kappa shape index (κ3) is 6.82. The molecule has 0 unspecified atom stereocenters. The van der Waals surface area contributed by atoms with E-state index in [4.69, 9.17) is 4.74 Å². The second-order valence-corrected chi connectivity index (χ2v) is 11.1. The van der Waals surface area contributed by atoms with E-state index < -0.39 is 27.8 Å². The molecule has 8 nitrogen and oxygen atoms in total. The molecular formula is C29H32FN3O5S. The van der Waals surface area contributed by atoms with Crippen LogP contribution in [0.3, 0.4) is 0 Å². The number of anilines is 2. The predicted molar refractivity (Wildman–Crippen MR) is 148 cm³/mol. The molecule has 39 heavy (non-hydrogen) atoms. The van der Waals surface area contributed by atoms with Gasteiger partial charge in [-0.15, -0.1) is 0 Å². The highest BCUT2D eigenvalue weighted by Gasteiger charge is 2.31. The van der Waals surface area contributed by atoms with E-state index in [9.17, 15) is 22.4 Å². The van der Waals surface area contributed by atoms with Gasteiger partial charge in [0.05, 0.1) is 23.8 Å². The highest BCUT2D eigenvalue weighted by Crippen LogP contribution is 2.33. The topological polar surface area (TPSA) is 105 Å². The summed E-state index contributed by atoms with van der Waals surface area (Å²) in [5.74, 6) is -2.08. The van der Waals surface area contributed by atoms with Crippen molar-refractivity contribution < 1.29 is 27.1 Å². The number of esters is 1. The molecule has 0 saturated carbocycles. The van der Waals surface area contributed by atoms with Crippen molar-refractivity contribution in [3.8, 4) is 0 Å². The highest BCUT2D eigenvalue weighted by molar-refractivity contribution is 7.89. The maximum absolute atomic E-state index is 14.2. The fraction of sp³-hybridized carbons (Fsp3) is 0.310. The van der Waals surface area contributed by atoms with Crippen molar-refractivity contribution >= 4 is 33.3 Å². The van der Waals surface area contributed by atoms with Gasteiger partial charge in [-0.25, -0.2) is 17.5 Å². The van der Waals surface area contributed by atoms with E-state index >= 15 is 0 Å². The Bertz CT molecular complexity index is 1430. The first-order chi connectivity index (χ1) is 18.7. The van der Waals surface area contributed by atoms with Crippen molar-refractivity contribution in [1.29, 1.82) is 0 Å². The molecule has 1 aliphatic heterocycles. The van der Waals surface area contributed by atoms with Crippen molar-refractivity contribution in [2.45, 2.75) is 37.6 Å². The molecule has 0 aromatic heterocycles. The summed E-state index contributed by atoms with van der Waals surface area (Å²) in [5, 5.41) is 2.61.